The van der Waals surface area contributed by atoms with Crippen molar-refractivity contribution >= 4 is 5.91 Å². The molecule has 1 amide bonds. The first kappa shape index (κ1) is 19.9. The van der Waals surface area contributed by atoms with Gasteiger partial charge in [-0.25, -0.2) is 0 Å². The summed E-state index contributed by atoms with van der Waals surface area (Å²) < 4.78 is 11.3. The van der Waals surface area contributed by atoms with E-state index in [0.29, 0.717) is 25.9 Å². The van der Waals surface area contributed by atoms with Gasteiger partial charge in [-0.05, 0) is 26.9 Å². The number of aromatic nitrogens is 1. The molecular weight excluding hydrogens is 322 g/mol. The Hall–Kier alpha value is -1.44. The quantitative estimate of drug-likeness (QED) is 0.803. The summed E-state index contributed by atoms with van der Waals surface area (Å²) in [7, 11) is 3.95. The first-order valence-corrected chi connectivity index (χ1v) is 8.86. The van der Waals surface area contributed by atoms with Crippen molar-refractivity contribution in [2.45, 2.75) is 64.9 Å². The summed E-state index contributed by atoms with van der Waals surface area (Å²) >= 11 is 0. The van der Waals surface area contributed by atoms with Crippen molar-refractivity contribution in [1.29, 1.82) is 0 Å². The van der Waals surface area contributed by atoms with Gasteiger partial charge in [-0.2, -0.15) is 0 Å². The van der Waals surface area contributed by atoms with Crippen molar-refractivity contribution in [2.24, 2.45) is 5.41 Å². The SMILES string of the molecule is CN(C)Cc1cc(CC2CCC(O)C(CNC(=O)C(C)(C)C)O2)no1. The fourth-order valence-electron chi connectivity index (χ4n) is 2.81. The Morgan fingerprint density at radius 3 is 2.76 bits per heavy atom. The number of nitrogens with zero attached hydrogens (tertiary/aromatic N) is 2. The minimum absolute atomic E-state index is 0.0303. The van der Waals surface area contributed by atoms with Crippen LogP contribution in [0.25, 0.3) is 0 Å². The van der Waals surface area contributed by atoms with E-state index in [-0.39, 0.29) is 12.0 Å². The van der Waals surface area contributed by atoms with Crippen LogP contribution in [0.1, 0.15) is 45.1 Å². The number of hydrogen-bond acceptors (Lipinski definition) is 6. The number of ether oxygens (including phenoxy) is 1. The van der Waals surface area contributed by atoms with Crippen molar-refractivity contribution in [3.05, 3.63) is 17.5 Å². The van der Waals surface area contributed by atoms with Crippen LogP contribution in [0.4, 0.5) is 0 Å². The Morgan fingerprint density at radius 2 is 2.12 bits per heavy atom. The predicted octanol–water partition coefficient (Wildman–Crippen LogP) is 1.35. The third kappa shape index (κ3) is 6.09. The maximum atomic E-state index is 12.0. The van der Waals surface area contributed by atoms with E-state index in [2.05, 4.69) is 10.5 Å². The molecule has 1 saturated heterocycles. The van der Waals surface area contributed by atoms with Gasteiger partial charge in [0.1, 0.15) is 6.10 Å². The van der Waals surface area contributed by atoms with Gasteiger partial charge in [0, 0.05) is 24.4 Å². The Morgan fingerprint density at radius 1 is 1.40 bits per heavy atom. The lowest BCUT2D eigenvalue weighted by atomic mass is 9.95. The number of nitrogens with one attached hydrogen (secondary N) is 1. The van der Waals surface area contributed by atoms with Gasteiger partial charge in [0.15, 0.2) is 5.76 Å². The van der Waals surface area contributed by atoms with E-state index < -0.39 is 17.6 Å². The van der Waals surface area contributed by atoms with Crippen LogP contribution in [0.5, 0.6) is 0 Å². The van der Waals surface area contributed by atoms with Crippen LogP contribution in [0.15, 0.2) is 10.6 Å². The number of hydrogen-bond donors (Lipinski definition) is 2. The first-order chi connectivity index (χ1) is 11.6. The summed E-state index contributed by atoms with van der Waals surface area (Å²) in [6.45, 7) is 6.61. The molecule has 0 aromatic carbocycles. The monoisotopic (exact) mass is 353 g/mol. The predicted molar refractivity (Wildman–Crippen MR) is 94.0 cm³/mol. The van der Waals surface area contributed by atoms with E-state index in [1.54, 1.807) is 0 Å². The highest BCUT2D eigenvalue weighted by molar-refractivity contribution is 5.81. The van der Waals surface area contributed by atoms with Gasteiger partial charge in [0.2, 0.25) is 5.91 Å². The third-order valence-corrected chi connectivity index (χ3v) is 4.24. The summed E-state index contributed by atoms with van der Waals surface area (Å²) in [5.41, 5.74) is 0.401. The maximum Gasteiger partial charge on any atom is 0.225 e. The van der Waals surface area contributed by atoms with E-state index >= 15 is 0 Å². The molecule has 0 spiro atoms. The van der Waals surface area contributed by atoms with Crippen molar-refractivity contribution in [3.63, 3.8) is 0 Å². The summed E-state index contributed by atoms with van der Waals surface area (Å²) in [5.74, 6) is 0.778. The third-order valence-electron chi connectivity index (χ3n) is 4.24. The molecule has 1 aromatic rings. The van der Waals surface area contributed by atoms with Crippen LogP contribution >= 0.6 is 0 Å². The molecule has 1 aliphatic heterocycles. The van der Waals surface area contributed by atoms with E-state index in [1.807, 2.05) is 45.8 Å². The zero-order chi connectivity index (χ0) is 18.6. The zero-order valence-electron chi connectivity index (χ0n) is 15.9. The molecule has 2 rings (SSSR count). The highest BCUT2D eigenvalue weighted by Gasteiger charge is 2.32. The summed E-state index contributed by atoms with van der Waals surface area (Å²) in [5, 5.41) is 17.1. The number of carbonyl (C=O) groups excluding carboxylic acids is 1. The van der Waals surface area contributed by atoms with Gasteiger partial charge < -0.3 is 24.6 Å². The van der Waals surface area contributed by atoms with E-state index in [9.17, 15) is 9.90 Å². The molecule has 2 heterocycles. The first-order valence-electron chi connectivity index (χ1n) is 8.86. The molecule has 25 heavy (non-hydrogen) atoms. The van der Waals surface area contributed by atoms with Crippen molar-refractivity contribution < 1.29 is 19.2 Å². The molecule has 1 fully saturated rings. The molecule has 7 nitrogen and oxygen atoms in total. The number of carbonyl (C=O) groups is 1. The molecule has 0 aliphatic carbocycles. The number of aliphatic hydroxyl groups is 1. The Bertz CT molecular complexity index is 565. The second-order valence-corrected chi connectivity index (χ2v) is 8.13. The molecule has 0 saturated carbocycles. The Labute approximate surface area is 149 Å². The Kier molecular flexibility index (Phi) is 6.59. The summed E-state index contributed by atoms with van der Waals surface area (Å²) in [6, 6.07) is 1.95. The summed E-state index contributed by atoms with van der Waals surface area (Å²) in [6.07, 6.45) is 1.09. The highest BCUT2D eigenvalue weighted by atomic mass is 16.5. The molecular formula is C18H31N3O4. The molecule has 2 N–H and O–H groups in total. The lowest BCUT2D eigenvalue weighted by molar-refractivity contribution is -0.134. The van der Waals surface area contributed by atoms with Crippen LogP contribution in [0, 0.1) is 5.41 Å². The molecule has 1 aromatic heterocycles. The van der Waals surface area contributed by atoms with Crippen LogP contribution < -0.4 is 5.32 Å². The fourth-order valence-corrected chi connectivity index (χ4v) is 2.81. The van der Waals surface area contributed by atoms with Gasteiger partial charge >= 0.3 is 0 Å². The van der Waals surface area contributed by atoms with Crippen molar-refractivity contribution in [3.8, 4) is 0 Å². The van der Waals surface area contributed by atoms with Gasteiger partial charge in [0.05, 0.1) is 24.4 Å². The number of aliphatic hydroxyl groups excluding tert-OH is 1. The second-order valence-electron chi connectivity index (χ2n) is 8.13. The van der Waals surface area contributed by atoms with Crippen LogP contribution in [-0.2, 0) is 22.5 Å². The van der Waals surface area contributed by atoms with Gasteiger partial charge in [-0.3, -0.25) is 4.79 Å². The second kappa shape index (κ2) is 8.29. The van der Waals surface area contributed by atoms with Crippen LogP contribution in [0.2, 0.25) is 0 Å². The number of rotatable bonds is 6. The van der Waals surface area contributed by atoms with Crippen molar-refractivity contribution in [2.75, 3.05) is 20.6 Å². The normalized spacial score (nSPS) is 24.5. The topological polar surface area (TPSA) is 87.8 Å². The average Bonchev–Trinajstić information content (AvgIpc) is 2.92. The minimum Gasteiger partial charge on any atom is -0.390 e. The molecule has 3 atom stereocenters. The van der Waals surface area contributed by atoms with E-state index in [4.69, 9.17) is 9.26 Å². The average molecular weight is 353 g/mol. The highest BCUT2D eigenvalue weighted by Crippen LogP contribution is 2.23. The molecule has 0 radical (unpaired) electrons. The number of amides is 1. The lowest BCUT2D eigenvalue weighted by Crippen LogP contribution is -2.48. The van der Waals surface area contributed by atoms with Crippen LogP contribution in [0.3, 0.4) is 0 Å². The Balaban J connectivity index is 1.86. The lowest BCUT2D eigenvalue weighted by Gasteiger charge is -2.34. The molecule has 1 aliphatic rings. The van der Waals surface area contributed by atoms with Crippen molar-refractivity contribution in [1.82, 2.24) is 15.4 Å². The van der Waals surface area contributed by atoms with Crippen LogP contribution in [-0.4, -0.2) is 60.0 Å². The standard InChI is InChI=1S/C18H31N3O4/c1-18(2,3)17(23)19-10-16-15(22)7-6-13(24-16)8-12-9-14(25-20-12)11-21(4)5/h9,13,15-16,22H,6-8,10-11H2,1-5H3,(H,19,23). The largest absolute Gasteiger partial charge is 0.390 e. The fraction of sp³-hybridized carbons (Fsp3) is 0.778. The summed E-state index contributed by atoms with van der Waals surface area (Å²) in [4.78, 5) is 14.0. The molecule has 0 bridgehead atoms. The van der Waals surface area contributed by atoms with Gasteiger partial charge in [-0.1, -0.05) is 25.9 Å². The van der Waals surface area contributed by atoms with E-state index in [1.165, 1.54) is 0 Å². The van der Waals surface area contributed by atoms with E-state index in [0.717, 1.165) is 17.9 Å². The zero-order valence-corrected chi connectivity index (χ0v) is 15.9. The van der Waals surface area contributed by atoms with Gasteiger partial charge in [0.25, 0.3) is 0 Å². The smallest absolute Gasteiger partial charge is 0.225 e. The minimum atomic E-state index is -0.557. The maximum absolute atomic E-state index is 12.0. The molecule has 3 unspecified atom stereocenters. The molecule has 7 heteroatoms. The van der Waals surface area contributed by atoms with Gasteiger partial charge in [-0.15, -0.1) is 0 Å². The molecule has 142 valence electrons.